The molecule has 1 unspecified atom stereocenters. The van der Waals surface area contributed by atoms with E-state index in [9.17, 15) is 14.4 Å². The van der Waals surface area contributed by atoms with Gasteiger partial charge in [-0.3, -0.25) is 4.79 Å². The Morgan fingerprint density at radius 3 is 2.18 bits per heavy atom. The molecule has 1 amide bonds. The summed E-state index contributed by atoms with van der Waals surface area (Å²) < 4.78 is 21.4. The molecule has 1 aromatic carbocycles. The fraction of sp³-hybridized carbons (Fsp3) is 0.480. The van der Waals surface area contributed by atoms with Crippen molar-refractivity contribution in [2.45, 2.75) is 64.4 Å². The molecule has 0 fully saturated rings. The molecular weight excluding hydrogens is 454 g/mol. The molecule has 0 aromatic heterocycles. The van der Waals surface area contributed by atoms with Crippen molar-refractivity contribution < 1.29 is 33.0 Å². The van der Waals surface area contributed by atoms with Gasteiger partial charge in [-0.25, -0.2) is 9.59 Å². The number of carbonyl (C=O) groups is 3. The second-order valence-corrected chi connectivity index (χ2v) is 14.0. The van der Waals surface area contributed by atoms with Gasteiger partial charge in [0, 0.05) is 6.42 Å². The van der Waals surface area contributed by atoms with E-state index in [1.807, 2.05) is 12.1 Å². The highest BCUT2D eigenvalue weighted by Crippen LogP contribution is 2.37. The zero-order valence-electron chi connectivity index (χ0n) is 20.8. The van der Waals surface area contributed by atoms with Crippen LogP contribution in [0, 0.1) is 0 Å². The molecule has 1 aromatic rings. The third kappa shape index (κ3) is 10.3. The van der Waals surface area contributed by atoms with E-state index in [0.717, 1.165) is 5.56 Å². The van der Waals surface area contributed by atoms with E-state index >= 15 is 0 Å². The summed E-state index contributed by atoms with van der Waals surface area (Å²) in [5.41, 5.74) is 0.960. The average molecular weight is 492 g/mol. The van der Waals surface area contributed by atoms with Crippen LogP contribution in [0.4, 0.5) is 4.79 Å². The van der Waals surface area contributed by atoms with Crippen molar-refractivity contribution in [1.29, 1.82) is 0 Å². The van der Waals surface area contributed by atoms with Crippen molar-refractivity contribution in [3.63, 3.8) is 0 Å². The van der Waals surface area contributed by atoms with Crippen LogP contribution in [0.3, 0.4) is 0 Å². The van der Waals surface area contributed by atoms with Crippen LogP contribution in [-0.4, -0.2) is 45.6 Å². The molecule has 188 valence electrons. The lowest BCUT2D eigenvalue weighted by Gasteiger charge is -2.36. The van der Waals surface area contributed by atoms with Gasteiger partial charge in [0.15, 0.2) is 8.32 Å². The molecule has 0 bridgehead atoms. The van der Waals surface area contributed by atoms with E-state index in [1.165, 1.54) is 12.2 Å². The van der Waals surface area contributed by atoms with Crippen LogP contribution in [-0.2, 0) is 30.1 Å². The third-order valence-electron chi connectivity index (χ3n) is 5.46. The number of ether oxygens (including phenoxy) is 3. The maximum absolute atomic E-state index is 12.4. The first-order chi connectivity index (χ1) is 15.9. The molecular formula is C25H37NO7Si. The second kappa shape index (κ2) is 13.7. The van der Waals surface area contributed by atoms with Gasteiger partial charge in [-0.2, -0.15) is 0 Å². The Hall–Kier alpha value is -2.91. The lowest BCUT2D eigenvalue weighted by Crippen LogP contribution is -2.43. The molecule has 0 aliphatic rings. The Morgan fingerprint density at radius 1 is 1.03 bits per heavy atom. The normalized spacial score (nSPS) is 12.3. The number of hydrogen-bond acceptors (Lipinski definition) is 7. The van der Waals surface area contributed by atoms with Gasteiger partial charge < -0.3 is 24.0 Å². The Bertz CT molecular complexity index is 844. The monoisotopic (exact) mass is 491 g/mol. The van der Waals surface area contributed by atoms with Crippen LogP contribution in [0.5, 0.6) is 5.75 Å². The van der Waals surface area contributed by atoms with E-state index in [4.69, 9.17) is 18.6 Å². The van der Waals surface area contributed by atoms with E-state index < -0.39 is 32.4 Å². The van der Waals surface area contributed by atoms with Crippen molar-refractivity contribution in [2.75, 3.05) is 13.2 Å². The minimum Gasteiger partial charge on any atom is -0.461 e. The van der Waals surface area contributed by atoms with Crippen molar-refractivity contribution >= 4 is 26.3 Å². The molecule has 8 nitrogen and oxygen atoms in total. The Morgan fingerprint density at radius 2 is 1.62 bits per heavy atom. The second-order valence-electron chi connectivity index (χ2n) is 9.21. The summed E-state index contributed by atoms with van der Waals surface area (Å²) >= 11 is 0. The lowest BCUT2D eigenvalue weighted by molar-refractivity contribution is -0.146. The highest BCUT2D eigenvalue weighted by Gasteiger charge is 2.37. The molecule has 0 saturated carbocycles. The van der Waals surface area contributed by atoms with Crippen molar-refractivity contribution in [3.05, 3.63) is 55.1 Å². The van der Waals surface area contributed by atoms with Gasteiger partial charge in [-0.05, 0) is 42.2 Å². The molecule has 0 heterocycles. The van der Waals surface area contributed by atoms with Crippen LogP contribution < -0.4 is 10.1 Å². The first-order valence-corrected chi connectivity index (χ1v) is 14.1. The number of esters is 2. The van der Waals surface area contributed by atoms with Gasteiger partial charge in [0.25, 0.3) is 0 Å². The predicted molar refractivity (Wildman–Crippen MR) is 133 cm³/mol. The summed E-state index contributed by atoms with van der Waals surface area (Å²) in [7, 11) is -1.87. The van der Waals surface area contributed by atoms with Crippen LogP contribution >= 0.6 is 0 Å². The minimum absolute atomic E-state index is 0.00915. The fourth-order valence-electron chi connectivity index (χ4n) is 2.39. The summed E-state index contributed by atoms with van der Waals surface area (Å²) in [6.45, 7) is 18.4. The smallest absolute Gasteiger partial charge is 0.413 e. The van der Waals surface area contributed by atoms with E-state index in [2.05, 4.69) is 52.3 Å². The van der Waals surface area contributed by atoms with Gasteiger partial charge in [0.2, 0.25) is 0 Å². The number of carbonyl (C=O) groups excluding carboxylic acids is 3. The molecule has 0 saturated heterocycles. The maximum atomic E-state index is 12.4. The van der Waals surface area contributed by atoms with Crippen molar-refractivity contribution in [2.24, 2.45) is 0 Å². The van der Waals surface area contributed by atoms with Gasteiger partial charge in [0.1, 0.15) is 25.0 Å². The van der Waals surface area contributed by atoms with Gasteiger partial charge in [0.05, 0.1) is 6.61 Å². The van der Waals surface area contributed by atoms with E-state index in [0.29, 0.717) is 12.4 Å². The molecule has 0 spiro atoms. The van der Waals surface area contributed by atoms with Crippen molar-refractivity contribution in [1.82, 2.24) is 5.32 Å². The largest absolute Gasteiger partial charge is 0.461 e. The predicted octanol–water partition coefficient (Wildman–Crippen LogP) is 4.90. The Balaban J connectivity index is 2.69. The van der Waals surface area contributed by atoms with E-state index in [1.54, 1.807) is 12.1 Å². The van der Waals surface area contributed by atoms with Crippen LogP contribution in [0.2, 0.25) is 18.1 Å². The first kappa shape index (κ1) is 29.1. The quantitative estimate of drug-likeness (QED) is 0.238. The molecule has 1 N–H and O–H groups in total. The summed E-state index contributed by atoms with van der Waals surface area (Å²) in [4.78, 5) is 36.4. The number of nitrogens with one attached hydrogen (secondary N) is 1. The lowest BCUT2D eigenvalue weighted by atomic mass is 10.1. The summed E-state index contributed by atoms with van der Waals surface area (Å²) in [6.07, 6.45) is 1.90. The number of rotatable bonds is 13. The zero-order valence-corrected chi connectivity index (χ0v) is 21.8. The van der Waals surface area contributed by atoms with Crippen LogP contribution in [0.15, 0.2) is 49.6 Å². The Labute approximate surface area is 203 Å². The van der Waals surface area contributed by atoms with Gasteiger partial charge in [-0.15, -0.1) is 0 Å². The summed E-state index contributed by atoms with van der Waals surface area (Å²) in [5.74, 6) is -0.921. The van der Waals surface area contributed by atoms with Crippen molar-refractivity contribution in [3.8, 4) is 5.75 Å². The number of benzene rings is 1. The first-order valence-electron chi connectivity index (χ1n) is 11.1. The van der Waals surface area contributed by atoms with Gasteiger partial charge >= 0.3 is 18.0 Å². The third-order valence-corrected chi connectivity index (χ3v) is 9.94. The highest BCUT2D eigenvalue weighted by molar-refractivity contribution is 6.74. The zero-order chi connectivity index (χ0) is 25.8. The maximum Gasteiger partial charge on any atom is 0.413 e. The molecule has 34 heavy (non-hydrogen) atoms. The minimum atomic E-state index is -1.87. The standard InChI is InChI=1S/C25H37NO7Si/c1-8-16-30-22(27)15-14-21(23(28)31-17-9-2)26-24(29)33-20-12-10-19(11-13-20)18-32-34(6,7)25(3,4)5/h8-13,21H,1-2,14-18H2,3-7H3,(H,26,29). The molecule has 0 aliphatic heterocycles. The summed E-state index contributed by atoms with van der Waals surface area (Å²) in [6, 6.07) is 5.87. The molecule has 0 aliphatic carbocycles. The van der Waals surface area contributed by atoms with Crippen LogP contribution in [0.1, 0.15) is 39.2 Å². The number of hydrogen-bond donors (Lipinski definition) is 1. The van der Waals surface area contributed by atoms with E-state index in [-0.39, 0.29) is 31.1 Å². The van der Waals surface area contributed by atoms with Crippen LogP contribution in [0.25, 0.3) is 0 Å². The molecule has 0 radical (unpaired) electrons. The summed E-state index contributed by atoms with van der Waals surface area (Å²) in [5, 5.41) is 2.56. The fourth-order valence-corrected chi connectivity index (χ4v) is 3.35. The number of amides is 1. The van der Waals surface area contributed by atoms with Gasteiger partial charge in [-0.1, -0.05) is 58.2 Å². The molecule has 1 atom stereocenters. The molecule has 1 rings (SSSR count). The average Bonchev–Trinajstić information content (AvgIpc) is 2.77. The highest BCUT2D eigenvalue weighted by atomic mass is 28.4. The SMILES string of the molecule is C=CCOC(=O)CCC(NC(=O)Oc1ccc(CO[Si](C)(C)C(C)(C)C)cc1)C(=O)OCC=C. The topological polar surface area (TPSA) is 100 Å². The molecule has 9 heteroatoms. The Kier molecular flexibility index (Phi) is 11.7.